The Kier molecular flexibility index (Phi) is 284. The van der Waals surface area contributed by atoms with Gasteiger partial charge in [0, 0.05) is 0 Å². The summed E-state index contributed by atoms with van der Waals surface area (Å²) in [6.07, 6.45) is 18.0. The summed E-state index contributed by atoms with van der Waals surface area (Å²) in [5.74, 6) is 0.833. The summed E-state index contributed by atoms with van der Waals surface area (Å²) in [5, 5.41) is 0. The number of hydrogen-bond acceptors (Lipinski definition) is 0. The van der Waals surface area contributed by atoms with Gasteiger partial charge in [0.25, 0.3) is 0 Å². The van der Waals surface area contributed by atoms with Crippen molar-refractivity contribution in [1.29, 1.82) is 0 Å². The highest BCUT2D eigenvalue weighted by Gasteiger charge is 1.96. The Morgan fingerprint density at radius 3 is 0.235 bits per heavy atom. The summed E-state index contributed by atoms with van der Waals surface area (Å²) >= 11 is 0. The van der Waals surface area contributed by atoms with E-state index in [4.69, 9.17) is 0 Å². The van der Waals surface area contributed by atoms with Crippen LogP contribution in [-0.4, -0.2) is 0 Å². The number of rotatable bonds is 0. The lowest BCUT2D eigenvalue weighted by atomic mass is 10.0. The van der Waals surface area contributed by atoms with E-state index in [1.165, 1.54) is 77.0 Å². The molecule has 0 atom stereocenters. The van der Waals surface area contributed by atoms with Crippen LogP contribution in [0.15, 0.2) is 0 Å². The van der Waals surface area contributed by atoms with Gasteiger partial charge in [-0.05, 0) is 5.92 Å². The monoisotopic (exact) mass is 497 g/mol. The molecule has 224 valence electrons. The molecule has 3 aliphatic carbocycles. The van der Waals surface area contributed by atoms with Crippen molar-refractivity contribution in [1.82, 2.24) is 0 Å². The molecule has 3 saturated carbocycles. The molecule has 0 amide bonds. The molecular weight excluding hydrogens is 408 g/mol. The highest BCUT2D eigenvalue weighted by atomic mass is 14.0. The summed E-state index contributed by atoms with van der Waals surface area (Å²) < 4.78 is 0. The zero-order valence-electron chi connectivity index (χ0n) is 30.1. The molecule has 0 aliphatic heterocycles. The van der Waals surface area contributed by atoms with Crippen LogP contribution in [0.1, 0.15) is 222 Å². The molecule has 0 bridgehead atoms. The van der Waals surface area contributed by atoms with Gasteiger partial charge in [0.15, 0.2) is 0 Å². The van der Waals surface area contributed by atoms with Crippen molar-refractivity contribution < 1.29 is 0 Å². The molecule has 0 N–H and O–H groups in total. The molecule has 0 aromatic rings. The Morgan fingerprint density at radius 2 is 0.235 bits per heavy atom. The van der Waals surface area contributed by atoms with Gasteiger partial charge in [0.05, 0.1) is 0 Å². The van der Waals surface area contributed by atoms with Crippen molar-refractivity contribution in [2.24, 2.45) is 5.92 Å². The van der Waals surface area contributed by atoms with E-state index in [9.17, 15) is 0 Å². The van der Waals surface area contributed by atoms with Gasteiger partial charge < -0.3 is 0 Å². The molecule has 0 heterocycles. The summed E-state index contributed by atoms with van der Waals surface area (Å²) in [5.41, 5.74) is 0. The van der Waals surface area contributed by atoms with Crippen LogP contribution in [0.5, 0.6) is 0 Å². The Bertz CT molecular complexity index is 69.4. The van der Waals surface area contributed by atoms with Crippen molar-refractivity contribution in [3.63, 3.8) is 0 Å². The van der Waals surface area contributed by atoms with E-state index in [1.54, 1.807) is 0 Å². The second-order valence-electron chi connectivity index (χ2n) is 5.97. The fraction of sp³-hybridized carbons (Fsp3) is 1.00. The van der Waals surface area contributed by atoms with Crippen molar-refractivity contribution in [2.45, 2.75) is 222 Å². The molecule has 0 aromatic heterocycles. The van der Waals surface area contributed by atoms with Gasteiger partial charge in [-0.1, -0.05) is 222 Å². The van der Waals surface area contributed by atoms with E-state index in [0.29, 0.717) is 0 Å². The molecule has 0 unspecified atom stereocenters. The predicted octanol–water partition coefficient (Wildman–Crippen LogP) is 15.6. The van der Waals surface area contributed by atoms with Gasteiger partial charge in [-0.25, -0.2) is 0 Å². The molecule has 3 aliphatic rings. The first-order valence-corrected chi connectivity index (χ1v) is 16.7. The third kappa shape index (κ3) is 214. The Morgan fingerprint density at radius 1 is 0.206 bits per heavy atom. The van der Waals surface area contributed by atoms with Crippen molar-refractivity contribution in [3.05, 3.63) is 0 Å². The van der Waals surface area contributed by atoms with Gasteiger partial charge in [-0.15, -0.1) is 0 Å². The minimum absolute atomic E-state index is 0.833. The molecule has 0 spiro atoms. The van der Waals surface area contributed by atoms with Gasteiger partial charge in [-0.2, -0.15) is 0 Å². The average Bonchev–Trinajstić information content (AvgIpc) is 2.82. The molecule has 0 aromatic carbocycles. The summed E-state index contributed by atoms with van der Waals surface area (Å²) in [4.78, 5) is 0. The Balaban J connectivity index is -0.0000000234. The van der Waals surface area contributed by atoms with E-state index >= 15 is 0 Å². The minimum Gasteiger partial charge on any atom is -0.0683 e. The SMILES string of the molecule is C1CCC1.C1CCC1.C1CCC1.CC.CC.CC.CC.CC.CC.CC.CC.CC.CC(C)C. The van der Waals surface area contributed by atoms with Crippen LogP contribution >= 0.6 is 0 Å². The van der Waals surface area contributed by atoms with Crippen LogP contribution in [-0.2, 0) is 0 Å². The molecule has 34 heavy (non-hydrogen) atoms. The van der Waals surface area contributed by atoms with Crippen molar-refractivity contribution in [2.75, 3.05) is 0 Å². The van der Waals surface area contributed by atoms with Gasteiger partial charge in [-0.3, -0.25) is 0 Å². The van der Waals surface area contributed by atoms with Crippen molar-refractivity contribution >= 4 is 0 Å². The van der Waals surface area contributed by atoms with E-state index in [0.717, 1.165) is 5.92 Å². The molecule has 3 rings (SSSR count). The average molecular weight is 497 g/mol. The zero-order chi connectivity index (χ0) is 30.1. The van der Waals surface area contributed by atoms with Crippen LogP contribution in [0, 0.1) is 5.92 Å². The maximum Gasteiger partial charge on any atom is -0.0500 e. The fourth-order valence-electron chi connectivity index (χ4n) is 0.750. The standard InChI is InChI=1S/3C4H8.C4H10.9C2H6/c3*1-2-4-3-1;1-4(2)3;9*1-2/h3*1-4H2;4H,1-3H3;9*1-2H3. The summed E-state index contributed by atoms with van der Waals surface area (Å²) in [7, 11) is 0. The fourth-order valence-corrected chi connectivity index (χ4v) is 0.750. The van der Waals surface area contributed by atoms with E-state index in [2.05, 4.69) is 20.8 Å². The first kappa shape index (κ1) is 64.3. The molecular formula is C34H88. The molecule has 3 fully saturated rings. The van der Waals surface area contributed by atoms with Crippen LogP contribution in [0.3, 0.4) is 0 Å². The van der Waals surface area contributed by atoms with Crippen LogP contribution in [0.2, 0.25) is 0 Å². The van der Waals surface area contributed by atoms with Gasteiger partial charge in [0.2, 0.25) is 0 Å². The normalized spacial score (nSPS) is 11.1. The lowest BCUT2D eigenvalue weighted by molar-refractivity contribution is 0.504. The summed E-state index contributed by atoms with van der Waals surface area (Å²) in [6.45, 7) is 42.5. The minimum atomic E-state index is 0.833. The Labute approximate surface area is 228 Å². The second kappa shape index (κ2) is 150. The van der Waals surface area contributed by atoms with Gasteiger partial charge in [0.1, 0.15) is 0 Å². The molecule has 0 radical (unpaired) electrons. The number of hydrogen-bond donors (Lipinski definition) is 0. The third-order valence-corrected chi connectivity index (χ3v) is 3.00. The van der Waals surface area contributed by atoms with Crippen LogP contribution < -0.4 is 0 Å². The first-order chi connectivity index (χ1) is 16.7. The molecule has 0 heteroatoms. The molecule has 0 saturated heterocycles. The van der Waals surface area contributed by atoms with Gasteiger partial charge >= 0.3 is 0 Å². The highest BCUT2D eigenvalue weighted by molar-refractivity contribution is 4.51. The third-order valence-electron chi connectivity index (χ3n) is 3.00. The molecule has 0 nitrogen and oxygen atoms in total. The lowest BCUT2D eigenvalue weighted by Crippen LogP contribution is -1.85. The summed E-state index contributed by atoms with van der Waals surface area (Å²) in [6, 6.07) is 0. The van der Waals surface area contributed by atoms with E-state index in [1.807, 2.05) is 125 Å². The highest BCUT2D eigenvalue weighted by Crippen LogP contribution is 2.15. The maximum absolute atomic E-state index is 2.17. The largest absolute Gasteiger partial charge is 0.0683 e. The lowest BCUT2D eigenvalue weighted by Gasteiger charge is -2.05. The first-order valence-electron chi connectivity index (χ1n) is 16.7. The van der Waals surface area contributed by atoms with Crippen LogP contribution in [0.25, 0.3) is 0 Å². The topological polar surface area (TPSA) is 0 Å². The van der Waals surface area contributed by atoms with Crippen molar-refractivity contribution in [3.8, 4) is 0 Å². The quantitative estimate of drug-likeness (QED) is 0.312. The van der Waals surface area contributed by atoms with Crippen LogP contribution in [0.4, 0.5) is 0 Å². The van der Waals surface area contributed by atoms with E-state index < -0.39 is 0 Å². The second-order valence-corrected chi connectivity index (χ2v) is 5.97. The Hall–Kier alpha value is 0. The van der Waals surface area contributed by atoms with E-state index in [-0.39, 0.29) is 0 Å². The smallest absolute Gasteiger partial charge is 0.0500 e. The maximum atomic E-state index is 2.17. The predicted molar refractivity (Wildman–Crippen MR) is 178 cm³/mol. The zero-order valence-corrected chi connectivity index (χ0v) is 30.1.